The summed E-state index contributed by atoms with van der Waals surface area (Å²) in [6, 6.07) is -0.312. The summed E-state index contributed by atoms with van der Waals surface area (Å²) in [7, 11) is 0. The van der Waals surface area contributed by atoms with Crippen molar-refractivity contribution in [2.45, 2.75) is 88.6 Å². The largest absolute Gasteiger partial charge is 0.472 e. The van der Waals surface area contributed by atoms with E-state index >= 15 is 4.39 Å². The molecule has 15 heteroatoms. The van der Waals surface area contributed by atoms with Crippen LogP contribution in [0.1, 0.15) is 51.7 Å². The van der Waals surface area contributed by atoms with E-state index < -0.39 is 69.7 Å². The Kier molecular flexibility index (Phi) is 7.06. The van der Waals surface area contributed by atoms with Gasteiger partial charge in [0.15, 0.2) is 11.0 Å². The smallest absolute Gasteiger partial charge is 0.417 e. The highest BCUT2D eigenvalue weighted by molar-refractivity contribution is 7.98. The number of nitrogens with zero attached hydrogens (tertiary/aromatic N) is 5. The van der Waals surface area contributed by atoms with Crippen LogP contribution < -0.4 is 15.4 Å². The number of carbonyl (C=O) groups is 1. The molecule has 1 amide bonds. The van der Waals surface area contributed by atoms with Gasteiger partial charge in [-0.25, -0.2) is 28.5 Å². The molecular formula is C29H31F5N6O3S. The Morgan fingerprint density at radius 1 is 1.14 bits per heavy atom. The molecule has 236 valence electrons. The number of nitrogen functional groups attached to an aromatic ring is 1. The van der Waals surface area contributed by atoms with E-state index in [0.717, 1.165) is 24.8 Å². The van der Waals surface area contributed by atoms with Crippen LogP contribution in [0.4, 0.5) is 38.3 Å². The molecule has 0 saturated carbocycles. The fourth-order valence-electron chi connectivity index (χ4n) is 6.66. The van der Waals surface area contributed by atoms with Crippen molar-refractivity contribution in [3.8, 4) is 17.1 Å². The van der Waals surface area contributed by atoms with Crippen molar-refractivity contribution in [3.63, 3.8) is 0 Å². The van der Waals surface area contributed by atoms with Crippen LogP contribution >= 0.6 is 11.8 Å². The lowest BCUT2D eigenvalue weighted by atomic mass is 9.96. The molecular weight excluding hydrogens is 607 g/mol. The van der Waals surface area contributed by atoms with E-state index in [1.807, 2.05) is 4.90 Å². The van der Waals surface area contributed by atoms with Crippen molar-refractivity contribution in [1.82, 2.24) is 19.9 Å². The van der Waals surface area contributed by atoms with Crippen LogP contribution in [-0.4, -0.2) is 68.6 Å². The summed E-state index contributed by atoms with van der Waals surface area (Å²) in [5.74, 6) is -2.26. The van der Waals surface area contributed by atoms with Crippen LogP contribution in [0, 0.1) is 18.6 Å². The van der Waals surface area contributed by atoms with Gasteiger partial charge in [0.05, 0.1) is 29.4 Å². The van der Waals surface area contributed by atoms with Crippen molar-refractivity contribution in [2.75, 3.05) is 23.4 Å². The van der Waals surface area contributed by atoms with E-state index in [1.54, 1.807) is 38.9 Å². The van der Waals surface area contributed by atoms with Gasteiger partial charge in [0.25, 0.3) is 0 Å². The molecule has 3 aliphatic rings. The first-order valence-corrected chi connectivity index (χ1v) is 15.3. The number of fused-ring (bicyclic) bond motifs is 5. The Labute approximate surface area is 254 Å². The molecule has 44 heavy (non-hydrogen) atoms. The minimum absolute atomic E-state index is 0.101. The summed E-state index contributed by atoms with van der Waals surface area (Å²) in [6.45, 7) is 8.39. The monoisotopic (exact) mass is 638 g/mol. The van der Waals surface area contributed by atoms with Crippen LogP contribution in [0.15, 0.2) is 11.2 Å². The number of hydrogen-bond acceptors (Lipinski definition) is 9. The van der Waals surface area contributed by atoms with Crippen molar-refractivity contribution in [1.29, 1.82) is 0 Å². The molecule has 2 saturated heterocycles. The third-order valence-electron chi connectivity index (χ3n) is 8.32. The van der Waals surface area contributed by atoms with Crippen molar-refractivity contribution < 1.29 is 36.2 Å². The number of piperazine rings is 1. The third-order valence-corrected chi connectivity index (χ3v) is 8.87. The number of halogens is 5. The van der Waals surface area contributed by atoms with E-state index in [1.165, 1.54) is 0 Å². The Morgan fingerprint density at radius 3 is 2.48 bits per heavy atom. The maximum atomic E-state index is 16.5. The molecule has 0 radical (unpaired) electrons. The zero-order valence-electron chi connectivity index (χ0n) is 24.8. The Hall–Kier alpha value is -3.62. The second-order valence-electron chi connectivity index (χ2n) is 12.3. The maximum Gasteiger partial charge on any atom is 0.417 e. The number of benzene rings is 1. The van der Waals surface area contributed by atoms with Crippen LogP contribution in [0.3, 0.4) is 0 Å². The summed E-state index contributed by atoms with van der Waals surface area (Å²) in [4.78, 5) is 30.3. The Balaban J connectivity index is 1.56. The molecule has 2 fully saturated rings. The molecule has 9 nitrogen and oxygen atoms in total. The van der Waals surface area contributed by atoms with Crippen molar-refractivity contribution in [3.05, 3.63) is 28.8 Å². The van der Waals surface area contributed by atoms with Crippen LogP contribution in [0.5, 0.6) is 5.88 Å². The molecule has 5 heterocycles. The summed E-state index contributed by atoms with van der Waals surface area (Å²) < 4.78 is 85.9. The highest BCUT2D eigenvalue weighted by Gasteiger charge is 2.54. The van der Waals surface area contributed by atoms with Gasteiger partial charge in [-0.2, -0.15) is 13.2 Å². The number of hydrogen-bond donors (Lipinski definition) is 1. The zero-order chi connectivity index (χ0) is 32.0. The molecule has 0 aliphatic carbocycles. The van der Waals surface area contributed by atoms with Gasteiger partial charge in [0.1, 0.15) is 39.9 Å². The van der Waals surface area contributed by atoms with E-state index in [0.29, 0.717) is 25.2 Å². The lowest BCUT2D eigenvalue weighted by Crippen LogP contribution is -2.65. The highest BCUT2D eigenvalue weighted by atomic mass is 32.2. The molecule has 2 aromatic heterocycles. The molecule has 2 bridgehead atoms. The van der Waals surface area contributed by atoms with Gasteiger partial charge in [-0.3, -0.25) is 4.90 Å². The molecule has 3 aliphatic heterocycles. The predicted molar refractivity (Wildman–Crippen MR) is 155 cm³/mol. The summed E-state index contributed by atoms with van der Waals surface area (Å²) in [5, 5.41) is 0.277. The summed E-state index contributed by atoms with van der Waals surface area (Å²) in [5.41, 5.74) is 0.495. The van der Waals surface area contributed by atoms with Crippen LogP contribution in [-0.2, 0) is 10.9 Å². The first-order chi connectivity index (χ1) is 20.5. The topological polar surface area (TPSA) is 107 Å². The first-order valence-electron chi connectivity index (χ1n) is 14.1. The van der Waals surface area contributed by atoms with Crippen LogP contribution in [0.25, 0.3) is 22.2 Å². The van der Waals surface area contributed by atoms with Crippen molar-refractivity contribution in [2.24, 2.45) is 0 Å². The molecule has 0 spiro atoms. The van der Waals surface area contributed by atoms with E-state index in [2.05, 4.69) is 9.97 Å². The van der Waals surface area contributed by atoms with Crippen molar-refractivity contribution >= 4 is 40.3 Å². The highest BCUT2D eigenvalue weighted by Crippen LogP contribution is 2.48. The molecule has 0 unspecified atom stereocenters. The molecule has 3 aromatic rings. The quantitative estimate of drug-likeness (QED) is 0.149. The van der Waals surface area contributed by atoms with Gasteiger partial charge in [-0.15, -0.1) is 0 Å². The average molecular weight is 639 g/mol. The molecule has 6 rings (SSSR count). The average Bonchev–Trinajstić information content (AvgIpc) is 3.17. The second-order valence-corrected chi connectivity index (χ2v) is 13.1. The maximum absolute atomic E-state index is 16.5. The van der Waals surface area contributed by atoms with E-state index in [-0.39, 0.29) is 34.0 Å². The Bertz CT molecular complexity index is 1700. The number of amides is 1. The van der Waals surface area contributed by atoms with Crippen LogP contribution in [0.2, 0.25) is 0 Å². The number of ether oxygens (including phenoxy) is 2. The number of thioether (sulfide) groups is 1. The third kappa shape index (κ3) is 4.74. The van der Waals surface area contributed by atoms with Gasteiger partial charge >= 0.3 is 12.3 Å². The summed E-state index contributed by atoms with van der Waals surface area (Å²) in [6.07, 6.45) is -3.13. The minimum atomic E-state index is -5.05. The Morgan fingerprint density at radius 2 is 1.84 bits per heavy atom. The van der Waals surface area contributed by atoms with Gasteiger partial charge in [-0.05, 0) is 65.3 Å². The van der Waals surface area contributed by atoms with E-state index in [4.69, 9.17) is 20.2 Å². The number of aromatic nitrogens is 3. The lowest BCUT2D eigenvalue weighted by molar-refractivity contribution is -0.137. The fraction of sp³-hybridized carbons (Fsp3) is 0.517. The standard InChI is InChI=1S/C29H31F5N6O3S/c1-11-18(29(32,33)34)14(9-15(35)19(11)30)21-20(31)22-17-24(38-26(37-22)44-6)39-10-13-7-8-16(23(39)12(2)42-25(17)36-21)40(13)27(41)43-28(3,4)5/h9,12-13,16,23H,7-8,10,35H2,1-6H3/t12-,13+,16-,23+/m0/s1. The van der Waals surface area contributed by atoms with Gasteiger partial charge in [0.2, 0.25) is 5.88 Å². The first kappa shape index (κ1) is 30.4. The SMILES string of the molecule is CSc1nc2c3c(nc(-c4cc(N)c(F)c(C)c4C(F)(F)F)c(F)c3n1)O[C@@H](C)[C@@H]1[C@@H]3CC[C@H](CN21)N3C(=O)OC(C)(C)C. The number of pyridine rings is 1. The number of nitrogens with two attached hydrogens (primary N) is 1. The summed E-state index contributed by atoms with van der Waals surface area (Å²) >= 11 is 1.13. The van der Waals surface area contributed by atoms with Gasteiger partial charge in [-0.1, -0.05) is 11.8 Å². The lowest BCUT2D eigenvalue weighted by Gasteiger charge is -2.48. The van der Waals surface area contributed by atoms with Gasteiger partial charge in [0, 0.05) is 12.1 Å². The number of carbonyl (C=O) groups excluding carboxylic acids is 1. The number of alkyl halides is 3. The molecule has 1 aromatic carbocycles. The fourth-order valence-corrected chi connectivity index (χ4v) is 7.02. The normalized spacial score (nSPS) is 23.0. The minimum Gasteiger partial charge on any atom is -0.472 e. The van der Waals surface area contributed by atoms with E-state index in [9.17, 15) is 22.4 Å². The second kappa shape index (κ2) is 10.2. The zero-order valence-corrected chi connectivity index (χ0v) is 25.7. The van der Waals surface area contributed by atoms with Gasteiger partial charge < -0.3 is 20.1 Å². The number of anilines is 2. The molecule has 2 N–H and O–H groups in total. The molecule has 4 atom stereocenters. The predicted octanol–water partition coefficient (Wildman–Crippen LogP) is 6.34. The number of rotatable bonds is 2.